The second-order valence-electron chi connectivity index (χ2n) is 4.84. The Hall–Kier alpha value is -0.380. The first-order valence-corrected chi connectivity index (χ1v) is 6.97. The molecule has 2 nitrogen and oxygen atoms in total. The number of hydrogen-bond acceptors (Lipinski definition) is 3. The third kappa shape index (κ3) is 3.06. The monoisotopic (exact) mass is 239 g/mol. The lowest BCUT2D eigenvalue weighted by molar-refractivity contribution is 0.114. The molecule has 1 aromatic heterocycles. The third-order valence-electron chi connectivity index (χ3n) is 3.37. The van der Waals surface area contributed by atoms with Gasteiger partial charge in [-0.2, -0.15) is 0 Å². The van der Waals surface area contributed by atoms with Crippen molar-refractivity contribution in [3.63, 3.8) is 0 Å². The van der Waals surface area contributed by atoms with Crippen LogP contribution in [0.1, 0.15) is 48.4 Å². The Kier molecular flexibility index (Phi) is 4.00. The van der Waals surface area contributed by atoms with E-state index in [2.05, 4.69) is 31.3 Å². The van der Waals surface area contributed by atoms with Gasteiger partial charge in [-0.3, -0.25) is 0 Å². The van der Waals surface area contributed by atoms with Gasteiger partial charge in [0.2, 0.25) is 0 Å². The van der Waals surface area contributed by atoms with Crippen LogP contribution in [-0.2, 0) is 0 Å². The van der Waals surface area contributed by atoms with Crippen LogP contribution < -0.4 is 5.32 Å². The van der Waals surface area contributed by atoms with Crippen LogP contribution in [0.25, 0.3) is 0 Å². The van der Waals surface area contributed by atoms with Crippen LogP contribution >= 0.6 is 11.3 Å². The molecule has 0 bridgehead atoms. The summed E-state index contributed by atoms with van der Waals surface area (Å²) in [6.07, 6.45) is 4.06. The number of rotatable bonds is 3. The standard InChI is InChI=1S/C13H21NOS/c1-9-3-8-13(16-9)10(2)14-11-4-6-12(15)7-5-11/h3,8,10-12,14-15H,4-7H2,1-2H3/t10-,11?,12?/m1/s1. The highest BCUT2D eigenvalue weighted by Gasteiger charge is 2.21. The molecule has 90 valence electrons. The number of aryl methyl sites for hydroxylation is 1. The quantitative estimate of drug-likeness (QED) is 0.850. The molecule has 0 radical (unpaired) electrons. The van der Waals surface area contributed by atoms with Gasteiger partial charge in [-0.05, 0) is 51.7 Å². The van der Waals surface area contributed by atoms with E-state index in [-0.39, 0.29) is 6.10 Å². The smallest absolute Gasteiger partial charge is 0.0541 e. The van der Waals surface area contributed by atoms with Crippen LogP contribution in [0.15, 0.2) is 12.1 Å². The zero-order chi connectivity index (χ0) is 11.5. The van der Waals surface area contributed by atoms with Gasteiger partial charge in [0, 0.05) is 21.8 Å². The molecular formula is C13H21NOS. The van der Waals surface area contributed by atoms with Crippen molar-refractivity contribution in [3.05, 3.63) is 21.9 Å². The Balaban J connectivity index is 1.85. The molecule has 1 heterocycles. The lowest BCUT2D eigenvalue weighted by Crippen LogP contribution is -2.35. The van der Waals surface area contributed by atoms with Crippen molar-refractivity contribution in [2.24, 2.45) is 0 Å². The molecule has 16 heavy (non-hydrogen) atoms. The molecular weight excluding hydrogens is 218 g/mol. The van der Waals surface area contributed by atoms with Gasteiger partial charge in [-0.15, -0.1) is 11.3 Å². The Bertz CT molecular complexity index is 328. The highest BCUT2D eigenvalue weighted by molar-refractivity contribution is 7.12. The summed E-state index contributed by atoms with van der Waals surface area (Å²) in [7, 11) is 0. The molecule has 1 aromatic rings. The van der Waals surface area contributed by atoms with Crippen molar-refractivity contribution >= 4 is 11.3 Å². The van der Waals surface area contributed by atoms with Gasteiger partial charge in [0.1, 0.15) is 0 Å². The normalized spacial score (nSPS) is 27.9. The van der Waals surface area contributed by atoms with Crippen LogP contribution in [0, 0.1) is 6.92 Å². The summed E-state index contributed by atoms with van der Waals surface area (Å²) in [4.78, 5) is 2.80. The van der Waals surface area contributed by atoms with Crippen LogP contribution in [0.5, 0.6) is 0 Å². The average molecular weight is 239 g/mol. The molecule has 1 fully saturated rings. The highest BCUT2D eigenvalue weighted by atomic mass is 32.1. The minimum Gasteiger partial charge on any atom is -0.393 e. The molecule has 2 rings (SSSR count). The van der Waals surface area contributed by atoms with Crippen molar-refractivity contribution < 1.29 is 5.11 Å². The van der Waals surface area contributed by atoms with E-state index in [0.29, 0.717) is 12.1 Å². The predicted molar refractivity (Wildman–Crippen MR) is 68.9 cm³/mol. The first-order chi connectivity index (χ1) is 7.65. The minimum absolute atomic E-state index is 0.0580. The van der Waals surface area contributed by atoms with Crippen LogP contribution in [0.3, 0.4) is 0 Å². The van der Waals surface area contributed by atoms with Gasteiger partial charge >= 0.3 is 0 Å². The zero-order valence-electron chi connectivity index (χ0n) is 10.1. The van der Waals surface area contributed by atoms with Crippen molar-refractivity contribution in [2.45, 2.75) is 57.7 Å². The summed E-state index contributed by atoms with van der Waals surface area (Å²) >= 11 is 1.87. The van der Waals surface area contributed by atoms with E-state index >= 15 is 0 Å². The van der Waals surface area contributed by atoms with E-state index in [1.807, 2.05) is 11.3 Å². The van der Waals surface area contributed by atoms with Crippen molar-refractivity contribution in [1.29, 1.82) is 0 Å². The van der Waals surface area contributed by atoms with Crippen molar-refractivity contribution in [3.8, 4) is 0 Å². The maximum Gasteiger partial charge on any atom is 0.0541 e. The largest absolute Gasteiger partial charge is 0.393 e. The fourth-order valence-corrected chi connectivity index (χ4v) is 3.25. The Labute approximate surface area is 102 Å². The van der Waals surface area contributed by atoms with E-state index in [1.165, 1.54) is 9.75 Å². The summed E-state index contributed by atoms with van der Waals surface area (Å²) in [6.45, 7) is 4.38. The van der Waals surface area contributed by atoms with Gasteiger partial charge in [-0.1, -0.05) is 0 Å². The Morgan fingerprint density at radius 2 is 2.00 bits per heavy atom. The molecule has 0 unspecified atom stereocenters. The van der Waals surface area contributed by atoms with Gasteiger partial charge in [-0.25, -0.2) is 0 Å². The Morgan fingerprint density at radius 1 is 1.31 bits per heavy atom. The number of thiophene rings is 1. The van der Waals surface area contributed by atoms with Crippen LogP contribution in [0.4, 0.5) is 0 Å². The zero-order valence-corrected chi connectivity index (χ0v) is 10.9. The summed E-state index contributed by atoms with van der Waals surface area (Å²) in [5.41, 5.74) is 0. The summed E-state index contributed by atoms with van der Waals surface area (Å²) in [6, 6.07) is 5.43. The first-order valence-electron chi connectivity index (χ1n) is 6.15. The highest BCUT2D eigenvalue weighted by Crippen LogP contribution is 2.25. The summed E-state index contributed by atoms with van der Waals surface area (Å²) in [5.74, 6) is 0. The predicted octanol–water partition coefficient (Wildman–Crippen LogP) is 3.01. The molecule has 2 N–H and O–H groups in total. The molecule has 3 heteroatoms. The maximum absolute atomic E-state index is 9.46. The summed E-state index contributed by atoms with van der Waals surface area (Å²) < 4.78 is 0. The van der Waals surface area contributed by atoms with Crippen LogP contribution in [-0.4, -0.2) is 17.3 Å². The lowest BCUT2D eigenvalue weighted by Gasteiger charge is -2.28. The number of hydrogen-bond donors (Lipinski definition) is 2. The topological polar surface area (TPSA) is 32.3 Å². The van der Waals surface area contributed by atoms with Crippen molar-refractivity contribution in [2.75, 3.05) is 0 Å². The van der Waals surface area contributed by atoms with E-state index < -0.39 is 0 Å². The SMILES string of the molecule is Cc1ccc([C@@H](C)NC2CCC(O)CC2)s1. The van der Waals surface area contributed by atoms with E-state index in [9.17, 15) is 5.11 Å². The number of aliphatic hydroxyl groups is 1. The molecule has 0 spiro atoms. The summed E-state index contributed by atoms with van der Waals surface area (Å²) in [5, 5.41) is 13.1. The van der Waals surface area contributed by atoms with E-state index in [0.717, 1.165) is 25.7 Å². The van der Waals surface area contributed by atoms with E-state index in [1.54, 1.807) is 0 Å². The van der Waals surface area contributed by atoms with Gasteiger partial charge in [0.25, 0.3) is 0 Å². The molecule has 0 saturated heterocycles. The third-order valence-corrected chi connectivity index (χ3v) is 4.55. The fraction of sp³-hybridized carbons (Fsp3) is 0.692. The molecule has 0 amide bonds. The fourth-order valence-electron chi connectivity index (χ4n) is 2.36. The second kappa shape index (κ2) is 5.30. The minimum atomic E-state index is -0.0580. The molecule has 0 aliphatic heterocycles. The van der Waals surface area contributed by atoms with Gasteiger partial charge in [0.15, 0.2) is 0 Å². The van der Waals surface area contributed by atoms with Gasteiger partial charge < -0.3 is 10.4 Å². The Morgan fingerprint density at radius 3 is 2.56 bits per heavy atom. The number of aliphatic hydroxyl groups excluding tert-OH is 1. The second-order valence-corrected chi connectivity index (χ2v) is 6.16. The maximum atomic E-state index is 9.46. The van der Waals surface area contributed by atoms with E-state index in [4.69, 9.17) is 0 Å². The van der Waals surface area contributed by atoms with Gasteiger partial charge in [0.05, 0.1) is 6.10 Å². The first kappa shape index (κ1) is 12.1. The number of nitrogens with one attached hydrogen (secondary N) is 1. The lowest BCUT2D eigenvalue weighted by atomic mass is 9.92. The molecule has 1 aliphatic carbocycles. The van der Waals surface area contributed by atoms with Crippen LogP contribution in [0.2, 0.25) is 0 Å². The molecule has 1 atom stereocenters. The molecule has 0 aromatic carbocycles. The van der Waals surface area contributed by atoms with Crippen molar-refractivity contribution in [1.82, 2.24) is 5.32 Å². The molecule has 1 aliphatic rings. The average Bonchev–Trinajstić information content (AvgIpc) is 2.68. The molecule has 1 saturated carbocycles.